The number of fused-ring (bicyclic) bond motifs is 12. The van der Waals surface area contributed by atoms with Crippen LogP contribution >= 0.6 is 0 Å². The molecule has 0 fully saturated rings. The average Bonchev–Trinajstić information content (AvgIpc) is 4.01. The van der Waals surface area contributed by atoms with E-state index in [4.69, 9.17) is 9.97 Å². The van der Waals surface area contributed by atoms with Crippen molar-refractivity contribution in [3.05, 3.63) is 188 Å². The molecule has 0 N–H and O–H groups in total. The fourth-order valence-electron chi connectivity index (χ4n) is 9.56. The molecule has 0 atom stereocenters. The highest BCUT2D eigenvalue weighted by molar-refractivity contribution is 6.23. The zero-order valence-electron chi connectivity index (χ0n) is 30.6. The molecule has 0 radical (unpaired) electrons. The second-order valence-electron chi connectivity index (χ2n) is 15.0. The van der Waals surface area contributed by atoms with Crippen LogP contribution in [0.5, 0.6) is 0 Å². The highest BCUT2D eigenvalue weighted by Crippen LogP contribution is 2.41. The molecule has 13 rings (SSSR count). The van der Waals surface area contributed by atoms with Gasteiger partial charge in [-0.2, -0.15) is 0 Å². The lowest BCUT2D eigenvalue weighted by atomic mass is 10.1. The topological polar surface area (TPSA) is 40.1 Å². The highest BCUT2D eigenvalue weighted by atomic mass is 15.1. The van der Waals surface area contributed by atoms with Crippen LogP contribution in [-0.2, 0) is 0 Å². The van der Waals surface area contributed by atoms with Crippen molar-refractivity contribution in [2.45, 2.75) is 0 Å². The van der Waals surface area contributed by atoms with Crippen LogP contribution in [0, 0.1) is 0 Å². The molecule has 264 valence electrons. The molecule has 57 heavy (non-hydrogen) atoms. The molecule has 0 saturated heterocycles. The monoisotopic (exact) mass is 725 g/mol. The zero-order chi connectivity index (χ0) is 37.2. The molecule has 0 unspecified atom stereocenters. The second kappa shape index (κ2) is 11.4. The summed E-state index contributed by atoms with van der Waals surface area (Å²) in [7, 11) is 0. The third-order valence-electron chi connectivity index (χ3n) is 12.0. The summed E-state index contributed by atoms with van der Waals surface area (Å²) >= 11 is 0. The van der Waals surface area contributed by atoms with Crippen LogP contribution in [0.3, 0.4) is 0 Å². The Bertz CT molecular complexity index is 3710. The molecule has 0 bridgehead atoms. The first-order chi connectivity index (χ1) is 28.3. The van der Waals surface area contributed by atoms with Crippen LogP contribution in [0.25, 0.3) is 116 Å². The lowest BCUT2D eigenvalue weighted by Crippen LogP contribution is -1.99. The molecule has 0 aliphatic carbocycles. The number of nitrogens with zero attached hydrogens (tertiary/aromatic N) is 5. The van der Waals surface area contributed by atoms with Crippen molar-refractivity contribution in [2.75, 3.05) is 0 Å². The van der Waals surface area contributed by atoms with Gasteiger partial charge in [0.1, 0.15) is 11.6 Å². The molecular formula is C52H31N5. The van der Waals surface area contributed by atoms with Gasteiger partial charge < -0.3 is 4.40 Å². The summed E-state index contributed by atoms with van der Waals surface area (Å²) in [5.74, 6) is 1.79. The molecule has 5 heteroatoms. The van der Waals surface area contributed by atoms with Crippen molar-refractivity contribution >= 4 is 81.7 Å². The van der Waals surface area contributed by atoms with Gasteiger partial charge in [-0.25, -0.2) is 9.97 Å². The van der Waals surface area contributed by atoms with Crippen LogP contribution in [0.1, 0.15) is 0 Å². The Kier molecular flexibility index (Phi) is 6.10. The minimum atomic E-state index is 0.885. The van der Waals surface area contributed by atoms with E-state index in [-0.39, 0.29) is 0 Å². The molecule has 13 aromatic rings. The quantitative estimate of drug-likeness (QED) is 0.181. The SMILES string of the molecule is c1cc(-c2ccc3c(c2)c2ccccc2n3-c2cccc(-c3ccc4c5cccc6c7ccccc7n(c4c3)c65)n2)nc(-n2c3ccccc3c3ccccc32)c1. The van der Waals surface area contributed by atoms with Crippen LogP contribution in [-0.4, -0.2) is 23.5 Å². The summed E-state index contributed by atoms with van der Waals surface area (Å²) in [4.78, 5) is 10.7. The van der Waals surface area contributed by atoms with E-state index in [2.05, 4.69) is 202 Å². The normalized spacial score (nSPS) is 12.2. The predicted octanol–water partition coefficient (Wildman–Crippen LogP) is 13.2. The minimum absolute atomic E-state index is 0.885. The summed E-state index contributed by atoms with van der Waals surface area (Å²) in [6, 6.07) is 67.4. The Labute approximate surface area is 326 Å². The van der Waals surface area contributed by atoms with E-state index in [0.717, 1.165) is 61.6 Å². The highest BCUT2D eigenvalue weighted by Gasteiger charge is 2.19. The van der Waals surface area contributed by atoms with Gasteiger partial charge in [-0.05, 0) is 66.7 Å². The lowest BCUT2D eigenvalue weighted by molar-refractivity contribution is 1.08. The Morgan fingerprint density at radius 3 is 1.30 bits per heavy atom. The van der Waals surface area contributed by atoms with Crippen LogP contribution < -0.4 is 0 Å². The molecular weight excluding hydrogens is 695 g/mol. The van der Waals surface area contributed by atoms with Gasteiger partial charge in [-0.3, -0.25) is 9.13 Å². The largest absolute Gasteiger partial charge is 0.308 e. The molecule has 0 amide bonds. The van der Waals surface area contributed by atoms with Crippen LogP contribution in [0.15, 0.2) is 188 Å². The first-order valence-electron chi connectivity index (χ1n) is 19.4. The van der Waals surface area contributed by atoms with Gasteiger partial charge in [0.25, 0.3) is 0 Å². The van der Waals surface area contributed by atoms with Gasteiger partial charge in [0.05, 0.1) is 50.0 Å². The third kappa shape index (κ3) is 4.23. The van der Waals surface area contributed by atoms with Crippen molar-refractivity contribution in [3.8, 4) is 34.2 Å². The van der Waals surface area contributed by atoms with E-state index in [1.165, 1.54) is 54.3 Å². The summed E-state index contributed by atoms with van der Waals surface area (Å²) < 4.78 is 7.01. The maximum atomic E-state index is 5.37. The van der Waals surface area contributed by atoms with E-state index < -0.39 is 0 Å². The molecule has 0 aliphatic rings. The summed E-state index contributed by atoms with van der Waals surface area (Å²) in [5, 5.41) is 9.92. The van der Waals surface area contributed by atoms with Crippen LogP contribution in [0.4, 0.5) is 0 Å². The van der Waals surface area contributed by atoms with Gasteiger partial charge in [-0.15, -0.1) is 0 Å². The molecule has 0 saturated carbocycles. The number of pyridine rings is 2. The third-order valence-corrected chi connectivity index (χ3v) is 12.0. The van der Waals surface area contributed by atoms with Gasteiger partial charge in [0.2, 0.25) is 0 Å². The van der Waals surface area contributed by atoms with Gasteiger partial charge in [-0.1, -0.05) is 121 Å². The fraction of sp³-hybridized carbons (Fsp3) is 0. The van der Waals surface area contributed by atoms with Crippen molar-refractivity contribution in [1.29, 1.82) is 0 Å². The van der Waals surface area contributed by atoms with Gasteiger partial charge >= 0.3 is 0 Å². The van der Waals surface area contributed by atoms with E-state index in [1.807, 2.05) is 0 Å². The number of hydrogen-bond acceptors (Lipinski definition) is 2. The number of hydrogen-bond donors (Lipinski definition) is 0. The maximum absolute atomic E-state index is 5.37. The summed E-state index contributed by atoms with van der Waals surface area (Å²) in [5.41, 5.74) is 12.3. The van der Waals surface area contributed by atoms with Crippen LogP contribution in [0.2, 0.25) is 0 Å². The molecule has 5 nitrogen and oxygen atoms in total. The Balaban J connectivity index is 0.950. The van der Waals surface area contributed by atoms with Crippen molar-refractivity contribution in [3.63, 3.8) is 0 Å². The summed E-state index contributed by atoms with van der Waals surface area (Å²) in [6.07, 6.45) is 0. The van der Waals surface area contributed by atoms with E-state index in [9.17, 15) is 0 Å². The number of para-hydroxylation sites is 5. The Hall–Kier alpha value is -7.76. The standard InChI is InChI=1S/C52H31N5/c1-5-20-44-34(12-1)35-13-2-6-21-45(35)55(44)50-24-10-18-42(53-50)32-27-29-48-41(30-32)37-15-4-7-22-46(37)56(48)51-25-11-19-43(54-51)33-26-28-38-40-17-9-16-39-36-14-3-8-23-47(36)57(52(39)40)49(38)31-33/h1-31H. The first-order valence-corrected chi connectivity index (χ1v) is 19.4. The molecule has 0 spiro atoms. The average molecular weight is 726 g/mol. The maximum Gasteiger partial charge on any atom is 0.138 e. The first kappa shape index (κ1) is 30.6. The molecule has 6 heterocycles. The van der Waals surface area contributed by atoms with Crippen molar-refractivity contribution < 1.29 is 0 Å². The minimum Gasteiger partial charge on any atom is -0.308 e. The van der Waals surface area contributed by atoms with E-state index in [1.54, 1.807) is 0 Å². The number of rotatable bonds is 4. The second-order valence-corrected chi connectivity index (χ2v) is 15.0. The predicted molar refractivity (Wildman–Crippen MR) is 236 cm³/mol. The van der Waals surface area contributed by atoms with Gasteiger partial charge in [0.15, 0.2) is 0 Å². The Morgan fingerprint density at radius 2 is 0.702 bits per heavy atom. The van der Waals surface area contributed by atoms with Crippen molar-refractivity contribution in [2.24, 2.45) is 0 Å². The lowest BCUT2D eigenvalue weighted by Gasteiger charge is -2.11. The summed E-state index contributed by atoms with van der Waals surface area (Å²) in [6.45, 7) is 0. The zero-order valence-corrected chi connectivity index (χ0v) is 30.6. The molecule has 6 aromatic heterocycles. The van der Waals surface area contributed by atoms with Crippen molar-refractivity contribution in [1.82, 2.24) is 23.5 Å². The fourth-order valence-corrected chi connectivity index (χ4v) is 9.56. The number of aromatic nitrogens is 5. The van der Waals surface area contributed by atoms with E-state index >= 15 is 0 Å². The van der Waals surface area contributed by atoms with Gasteiger partial charge in [0, 0.05) is 54.2 Å². The Morgan fingerprint density at radius 1 is 0.281 bits per heavy atom. The smallest absolute Gasteiger partial charge is 0.138 e. The molecule has 0 aliphatic heterocycles. The van der Waals surface area contributed by atoms with E-state index in [0.29, 0.717) is 0 Å². The molecule has 7 aromatic carbocycles. The number of benzene rings is 7.